The van der Waals surface area contributed by atoms with Crippen LogP contribution in [-0.2, 0) is 19.6 Å². The summed E-state index contributed by atoms with van der Waals surface area (Å²) in [6, 6.07) is 4.89. The molecule has 1 aliphatic carbocycles. The van der Waals surface area contributed by atoms with Crippen molar-refractivity contribution in [3.63, 3.8) is 0 Å². The number of rotatable bonds is 12. The molecule has 3 aromatic rings. The number of methoxy groups -OCH3 is 1. The van der Waals surface area contributed by atoms with Crippen LogP contribution in [0.5, 0.6) is 11.5 Å². The first-order valence-corrected chi connectivity index (χ1v) is 21.1. The molecule has 2 atom stereocenters. The number of carbonyl (C=O) groups is 3. The molecular weight excluding hydrogens is 731 g/mol. The lowest BCUT2D eigenvalue weighted by Crippen LogP contribution is -2.55. The normalized spacial score (nSPS) is 17.9. The number of ether oxygens (including phenoxy) is 2. The zero-order chi connectivity index (χ0) is 39.4. The Balaban J connectivity index is 1.44. The Bertz CT molecular complexity index is 2140. The zero-order valence-electron chi connectivity index (χ0n) is 30.5. The molecule has 2 unspecified atom stereocenters. The van der Waals surface area contributed by atoms with E-state index in [1.165, 1.54) is 31.5 Å². The van der Waals surface area contributed by atoms with Crippen molar-refractivity contribution in [2.24, 2.45) is 5.92 Å². The molecule has 1 aromatic heterocycles. The van der Waals surface area contributed by atoms with Crippen molar-refractivity contribution in [1.82, 2.24) is 9.47 Å². The molecule has 2 aliphatic rings. The van der Waals surface area contributed by atoms with Gasteiger partial charge < -0.3 is 43.6 Å². The molecule has 288 valence electrons. The number of hydrogen-bond acceptors (Lipinski definition) is 9. The van der Waals surface area contributed by atoms with Crippen molar-refractivity contribution in [3.05, 3.63) is 57.6 Å². The highest BCUT2D eigenvalue weighted by molar-refractivity contribution is 7.83. The molecule has 1 amide bonds. The minimum absolute atomic E-state index is 0.0643. The van der Waals surface area contributed by atoms with Crippen molar-refractivity contribution in [3.8, 4) is 11.5 Å². The molecule has 5 rings (SSSR count). The summed E-state index contributed by atoms with van der Waals surface area (Å²) in [7, 11) is -6.86. The number of carboxylic acid groups (broad SMARTS) is 1. The minimum Gasteiger partial charge on any atom is -0.492 e. The molecule has 0 radical (unpaired) electrons. The molecular formula is C36H46FN3O11P2. The number of amides is 1. The third-order valence-electron chi connectivity index (χ3n) is 9.70. The Morgan fingerprint density at radius 3 is 2.32 bits per heavy atom. The Morgan fingerprint density at radius 1 is 1.11 bits per heavy atom. The van der Waals surface area contributed by atoms with Gasteiger partial charge in [0.1, 0.15) is 17.0 Å². The molecule has 1 saturated heterocycles. The first-order chi connectivity index (χ1) is 24.6. The summed E-state index contributed by atoms with van der Waals surface area (Å²) in [6.07, 6.45) is 6.44. The van der Waals surface area contributed by atoms with Gasteiger partial charge in [-0.1, -0.05) is 34.0 Å². The number of anilines is 1. The van der Waals surface area contributed by atoms with Crippen LogP contribution in [0, 0.1) is 11.7 Å². The van der Waals surface area contributed by atoms with E-state index in [2.05, 4.69) is 6.30 Å². The largest absolute Gasteiger partial charge is 0.492 e. The molecule has 2 fully saturated rings. The average molecular weight is 778 g/mol. The van der Waals surface area contributed by atoms with Gasteiger partial charge in [-0.3, -0.25) is 18.9 Å². The fourth-order valence-corrected chi connectivity index (χ4v) is 10.7. The molecule has 0 bridgehead atoms. The summed E-state index contributed by atoms with van der Waals surface area (Å²) in [4.78, 5) is 85.3. The van der Waals surface area contributed by atoms with Crippen LogP contribution in [-0.4, -0.2) is 92.1 Å². The maximum Gasteiger partial charge on any atom is 0.341 e. The predicted molar refractivity (Wildman–Crippen MR) is 201 cm³/mol. The maximum atomic E-state index is 16.0. The van der Waals surface area contributed by atoms with Gasteiger partial charge in [-0.2, -0.15) is 0 Å². The lowest BCUT2D eigenvalue weighted by Gasteiger charge is -2.42. The summed E-state index contributed by atoms with van der Waals surface area (Å²) in [5.41, 5.74) is -1.51. The van der Waals surface area contributed by atoms with E-state index in [-0.39, 0.29) is 65.9 Å². The summed E-state index contributed by atoms with van der Waals surface area (Å²) in [6.45, 7) is 9.22. The summed E-state index contributed by atoms with van der Waals surface area (Å²) < 4.78 is 40.9. The van der Waals surface area contributed by atoms with E-state index in [4.69, 9.17) is 9.47 Å². The number of piperazine rings is 1. The highest BCUT2D eigenvalue weighted by Gasteiger charge is 2.38. The van der Waals surface area contributed by atoms with Gasteiger partial charge in [0.05, 0.1) is 29.8 Å². The number of esters is 1. The Labute approximate surface area is 306 Å². The SMILES string of the molecule is C=P(O)(CP(=O)(O)O)c1ccc(OC(=O)C(C)C)c(C(C)(C)CC(=O)N2CCN(c3c(F)cc4c(=O)c(C(=O)O)cn(C5CC5)c4c3OC)CC2C)c1. The van der Waals surface area contributed by atoms with Crippen LogP contribution in [0.1, 0.15) is 75.8 Å². The maximum absolute atomic E-state index is 16.0. The second-order valence-corrected chi connectivity index (χ2v) is 19.7. The Kier molecular flexibility index (Phi) is 11.1. The third kappa shape index (κ3) is 8.39. The molecule has 2 heterocycles. The van der Waals surface area contributed by atoms with Crippen molar-refractivity contribution in [2.45, 2.75) is 71.4 Å². The van der Waals surface area contributed by atoms with Gasteiger partial charge >= 0.3 is 19.5 Å². The lowest BCUT2D eigenvalue weighted by molar-refractivity contribution is -0.137. The number of halogens is 1. The number of fused-ring (bicyclic) bond motifs is 1. The van der Waals surface area contributed by atoms with Gasteiger partial charge in [0.25, 0.3) is 0 Å². The number of nitrogens with zero attached hydrogens (tertiary/aromatic N) is 3. The number of benzene rings is 2. The standard InChI is InChI=1S/C36H46FN3O11P2/c1-20(2)35(45)51-28-11-10-23(52(7,46)19-53(47,48)49)14-26(28)36(4,5)16-29(41)39-13-12-38(17-21(39)3)31-27(37)15-24-30(33(31)50-6)40(22-8-9-22)18-25(32(24)42)34(43)44/h10-11,14-15,18,20-22,46H,7-9,12-13,16-17,19H2,1-6H3,(H,43,44)(H2,47,48,49). The minimum atomic E-state index is -4.65. The summed E-state index contributed by atoms with van der Waals surface area (Å²) in [5.74, 6) is -4.06. The molecule has 14 nitrogen and oxygen atoms in total. The molecule has 2 aromatic carbocycles. The van der Waals surface area contributed by atoms with Crippen molar-refractivity contribution >= 4 is 60.7 Å². The molecule has 17 heteroatoms. The number of aromatic nitrogens is 1. The molecule has 0 spiro atoms. The van der Waals surface area contributed by atoms with Gasteiger partial charge in [-0.15, -0.1) is 0 Å². The highest BCUT2D eigenvalue weighted by atomic mass is 31.2. The van der Waals surface area contributed by atoms with Gasteiger partial charge in [0.15, 0.2) is 11.6 Å². The van der Waals surface area contributed by atoms with E-state index in [9.17, 15) is 43.5 Å². The van der Waals surface area contributed by atoms with E-state index >= 15 is 4.39 Å². The Hall–Kier alpha value is -4.00. The van der Waals surface area contributed by atoms with Crippen LogP contribution in [0.15, 0.2) is 35.3 Å². The quantitative estimate of drug-likeness (QED) is 0.116. The van der Waals surface area contributed by atoms with Gasteiger partial charge in [-0.05, 0) is 44.0 Å². The molecule has 53 heavy (non-hydrogen) atoms. The molecule has 1 saturated carbocycles. The first kappa shape index (κ1) is 40.2. The summed E-state index contributed by atoms with van der Waals surface area (Å²) >= 11 is 0. The van der Waals surface area contributed by atoms with Crippen LogP contribution in [0.4, 0.5) is 10.1 Å². The first-order valence-electron chi connectivity index (χ1n) is 17.2. The van der Waals surface area contributed by atoms with Gasteiger partial charge in [0.2, 0.25) is 11.3 Å². The fraction of sp³-hybridized carbons (Fsp3) is 0.472. The predicted octanol–water partition coefficient (Wildman–Crippen LogP) is 4.27. The number of hydrogen-bond donors (Lipinski definition) is 4. The van der Waals surface area contributed by atoms with E-state index in [0.717, 1.165) is 18.9 Å². The average Bonchev–Trinajstić information content (AvgIpc) is 3.88. The van der Waals surface area contributed by atoms with Crippen LogP contribution in [0.3, 0.4) is 0 Å². The summed E-state index contributed by atoms with van der Waals surface area (Å²) in [5, 5.41) is 9.73. The third-order valence-corrected chi connectivity index (χ3v) is 14.3. The zero-order valence-corrected chi connectivity index (χ0v) is 32.3. The van der Waals surface area contributed by atoms with Gasteiger partial charge in [0, 0.05) is 67.7 Å². The number of aromatic carboxylic acids is 1. The Morgan fingerprint density at radius 2 is 1.77 bits per heavy atom. The van der Waals surface area contributed by atoms with Crippen LogP contribution in [0.2, 0.25) is 0 Å². The van der Waals surface area contributed by atoms with Crippen molar-refractivity contribution < 1.29 is 52.6 Å². The lowest BCUT2D eigenvalue weighted by atomic mass is 9.80. The second kappa shape index (κ2) is 14.7. The van der Waals surface area contributed by atoms with Crippen LogP contribution < -0.4 is 25.1 Å². The van der Waals surface area contributed by atoms with Crippen molar-refractivity contribution in [2.75, 3.05) is 37.5 Å². The van der Waals surface area contributed by atoms with E-state index < -0.39 is 66.7 Å². The van der Waals surface area contributed by atoms with Crippen molar-refractivity contribution in [1.29, 1.82) is 0 Å². The van der Waals surface area contributed by atoms with E-state index in [1.54, 1.807) is 42.1 Å². The molecule has 1 aliphatic heterocycles. The second-order valence-electron chi connectivity index (χ2n) is 14.9. The topological polar surface area (TPSA) is 196 Å². The van der Waals surface area contributed by atoms with E-state index in [0.29, 0.717) is 11.1 Å². The highest BCUT2D eigenvalue weighted by Crippen LogP contribution is 2.54. The fourth-order valence-electron chi connectivity index (χ4n) is 6.84. The van der Waals surface area contributed by atoms with E-state index in [1.807, 2.05) is 6.92 Å². The molecule has 4 N–H and O–H groups in total. The smallest absolute Gasteiger partial charge is 0.341 e. The monoisotopic (exact) mass is 777 g/mol. The van der Waals surface area contributed by atoms with Crippen LogP contribution in [0.25, 0.3) is 10.9 Å². The number of carboxylic acids is 1. The number of carbonyl (C=O) groups excluding carboxylic acids is 2. The van der Waals surface area contributed by atoms with Gasteiger partial charge in [-0.25, -0.2) is 9.18 Å². The number of pyridine rings is 1. The van der Waals surface area contributed by atoms with Crippen LogP contribution >= 0.6 is 14.7 Å².